The number of ether oxygens (including phenoxy) is 1. The molecule has 0 amide bonds. The molecule has 0 aromatic heterocycles. The summed E-state index contributed by atoms with van der Waals surface area (Å²) >= 11 is 0. The minimum atomic E-state index is -3.37. The smallest absolute Gasteiger partial charge is 0.235 e. The molecular formula is C6H11ClO3S. The Labute approximate surface area is 71.1 Å². The molecule has 0 unspecified atom stereocenters. The van der Waals surface area contributed by atoms with E-state index in [0.29, 0.717) is 19.4 Å². The lowest BCUT2D eigenvalue weighted by atomic mass is 10.1. The molecule has 1 saturated heterocycles. The second-order valence-corrected chi connectivity index (χ2v) is 5.71. The fraction of sp³-hybridized carbons (Fsp3) is 1.00. The van der Waals surface area contributed by atoms with E-state index in [1.807, 2.05) is 6.92 Å². The van der Waals surface area contributed by atoms with E-state index < -0.39 is 14.3 Å². The molecule has 0 saturated carbocycles. The van der Waals surface area contributed by atoms with Crippen molar-refractivity contribution >= 4 is 19.7 Å². The summed E-state index contributed by atoms with van der Waals surface area (Å²) < 4.78 is 26.9. The molecular weight excluding hydrogens is 188 g/mol. The third-order valence-electron chi connectivity index (χ3n) is 1.84. The average Bonchev–Trinajstić information content (AvgIpc) is 1.86. The van der Waals surface area contributed by atoms with Gasteiger partial charge in [0, 0.05) is 17.3 Å². The van der Waals surface area contributed by atoms with Gasteiger partial charge in [0.2, 0.25) is 9.05 Å². The van der Waals surface area contributed by atoms with Gasteiger partial charge in [0.25, 0.3) is 0 Å². The highest BCUT2D eigenvalue weighted by Gasteiger charge is 2.28. The van der Waals surface area contributed by atoms with Gasteiger partial charge in [0.05, 0.1) is 11.4 Å². The van der Waals surface area contributed by atoms with Gasteiger partial charge in [-0.3, -0.25) is 0 Å². The summed E-state index contributed by atoms with van der Waals surface area (Å²) in [7, 11) is 1.83. The molecule has 5 heteroatoms. The van der Waals surface area contributed by atoms with E-state index in [0.717, 1.165) is 0 Å². The molecule has 66 valence electrons. The Morgan fingerprint density at radius 2 is 2.18 bits per heavy atom. The van der Waals surface area contributed by atoms with Crippen molar-refractivity contribution in [1.82, 2.24) is 0 Å². The van der Waals surface area contributed by atoms with Crippen molar-refractivity contribution in [2.75, 3.05) is 6.61 Å². The van der Waals surface area contributed by atoms with Gasteiger partial charge >= 0.3 is 0 Å². The highest BCUT2D eigenvalue weighted by Crippen LogP contribution is 2.22. The molecule has 0 N–H and O–H groups in total. The zero-order chi connectivity index (χ0) is 8.48. The van der Waals surface area contributed by atoms with Crippen molar-refractivity contribution < 1.29 is 13.2 Å². The highest BCUT2D eigenvalue weighted by molar-refractivity contribution is 8.14. The zero-order valence-electron chi connectivity index (χ0n) is 6.29. The van der Waals surface area contributed by atoms with Gasteiger partial charge in [-0.25, -0.2) is 8.42 Å². The lowest BCUT2D eigenvalue weighted by Crippen LogP contribution is -2.30. The van der Waals surface area contributed by atoms with Crippen molar-refractivity contribution in [1.29, 1.82) is 0 Å². The van der Waals surface area contributed by atoms with Crippen LogP contribution in [0.25, 0.3) is 0 Å². The van der Waals surface area contributed by atoms with Crippen LogP contribution in [0.5, 0.6) is 0 Å². The standard InChI is InChI=1S/C6H11ClO3S/c1-5-4-6(2-3-10-5)11(7,8)9/h5-6H,2-4H2,1H3/t5-,6+/m0/s1. The van der Waals surface area contributed by atoms with Gasteiger partial charge in [-0.1, -0.05) is 0 Å². The molecule has 1 fully saturated rings. The lowest BCUT2D eigenvalue weighted by molar-refractivity contribution is 0.0304. The van der Waals surface area contributed by atoms with Crippen LogP contribution in [0.4, 0.5) is 0 Å². The van der Waals surface area contributed by atoms with Crippen molar-refractivity contribution in [2.24, 2.45) is 0 Å². The van der Waals surface area contributed by atoms with E-state index in [2.05, 4.69) is 0 Å². The lowest BCUT2D eigenvalue weighted by Gasteiger charge is -2.24. The number of halogens is 1. The first-order chi connectivity index (χ1) is 5.00. The largest absolute Gasteiger partial charge is 0.378 e. The molecule has 1 aliphatic heterocycles. The van der Waals surface area contributed by atoms with E-state index in [4.69, 9.17) is 15.4 Å². The summed E-state index contributed by atoms with van der Waals surface area (Å²) in [6.07, 6.45) is 1.06. The Morgan fingerprint density at radius 3 is 2.55 bits per heavy atom. The number of rotatable bonds is 1. The molecule has 1 heterocycles. The van der Waals surface area contributed by atoms with Crippen LogP contribution in [0.2, 0.25) is 0 Å². The molecule has 0 spiro atoms. The molecule has 2 atom stereocenters. The summed E-state index contributed by atoms with van der Waals surface area (Å²) in [6.45, 7) is 2.35. The van der Waals surface area contributed by atoms with E-state index in [1.54, 1.807) is 0 Å². The Hall–Kier alpha value is 0.200. The third kappa shape index (κ3) is 2.61. The van der Waals surface area contributed by atoms with Gasteiger partial charge in [0.1, 0.15) is 0 Å². The van der Waals surface area contributed by atoms with Crippen LogP contribution in [-0.2, 0) is 13.8 Å². The normalized spacial score (nSPS) is 33.6. The van der Waals surface area contributed by atoms with E-state index in [1.165, 1.54) is 0 Å². The van der Waals surface area contributed by atoms with E-state index >= 15 is 0 Å². The Bertz CT molecular complexity index is 224. The summed E-state index contributed by atoms with van der Waals surface area (Å²) in [4.78, 5) is 0. The second kappa shape index (κ2) is 3.29. The highest BCUT2D eigenvalue weighted by atomic mass is 35.7. The summed E-state index contributed by atoms with van der Waals surface area (Å²) in [5, 5.41) is -0.409. The molecule has 0 aromatic rings. The molecule has 0 bridgehead atoms. The van der Waals surface area contributed by atoms with Crippen LogP contribution in [0.15, 0.2) is 0 Å². The Balaban J connectivity index is 2.60. The van der Waals surface area contributed by atoms with Gasteiger partial charge in [0.15, 0.2) is 0 Å². The van der Waals surface area contributed by atoms with Crippen molar-refractivity contribution in [2.45, 2.75) is 31.1 Å². The topological polar surface area (TPSA) is 43.4 Å². The van der Waals surface area contributed by atoms with Gasteiger partial charge in [-0.2, -0.15) is 0 Å². The number of hydrogen-bond donors (Lipinski definition) is 0. The Morgan fingerprint density at radius 1 is 1.55 bits per heavy atom. The van der Waals surface area contributed by atoms with Crippen LogP contribution in [0.3, 0.4) is 0 Å². The Kier molecular flexibility index (Phi) is 2.78. The van der Waals surface area contributed by atoms with Crippen molar-refractivity contribution in [3.05, 3.63) is 0 Å². The summed E-state index contributed by atoms with van der Waals surface area (Å²) in [5.41, 5.74) is 0. The minimum Gasteiger partial charge on any atom is -0.378 e. The first-order valence-electron chi connectivity index (χ1n) is 3.55. The van der Waals surface area contributed by atoms with Crippen LogP contribution in [-0.4, -0.2) is 26.4 Å². The average molecular weight is 199 g/mol. The van der Waals surface area contributed by atoms with Crippen LogP contribution in [0.1, 0.15) is 19.8 Å². The first-order valence-corrected chi connectivity index (χ1v) is 5.92. The molecule has 0 aliphatic carbocycles. The molecule has 1 aliphatic rings. The fourth-order valence-electron chi connectivity index (χ4n) is 1.21. The maximum absolute atomic E-state index is 10.8. The van der Waals surface area contributed by atoms with E-state index in [-0.39, 0.29) is 6.10 Å². The van der Waals surface area contributed by atoms with Crippen LogP contribution in [0, 0.1) is 0 Å². The number of hydrogen-bond acceptors (Lipinski definition) is 3. The SMILES string of the molecule is C[C@H]1C[C@H](S(=O)(=O)Cl)CCO1. The molecule has 11 heavy (non-hydrogen) atoms. The monoisotopic (exact) mass is 198 g/mol. The predicted molar refractivity (Wildman–Crippen MR) is 43.2 cm³/mol. The third-order valence-corrected chi connectivity index (χ3v) is 3.82. The molecule has 0 radical (unpaired) electrons. The van der Waals surface area contributed by atoms with Crippen molar-refractivity contribution in [3.8, 4) is 0 Å². The quantitative estimate of drug-likeness (QED) is 0.594. The minimum absolute atomic E-state index is 0.0160. The van der Waals surface area contributed by atoms with Crippen LogP contribution >= 0.6 is 10.7 Å². The van der Waals surface area contributed by atoms with E-state index in [9.17, 15) is 8.42 Å². The van der Waals surface area contributed by atoms with Gasteiger partial charge in [-0.05, 0) is 19.8 Å². The second-order valence-electron chi connectivity index (χ2n) is 2.80. The summed E-state index contributed by atoms with van der Waals surface area (Å²) in [6, 6.07) is 0. The van der Waals surface area contributed by atoms with Gasteiger partial charge < -0.3 is 4.74 Å². The molecule has 3 nitrogen and oxygen atoms in total. The van der Waals surface area contributed by atoms with Crippen LogP contribution < -0.4 is 0 Å². The van der Waals surface area contributed by atoms with Gasteiger partial charge in [-0.15, -0.1) is 0 Å². The maximum atomic E-state index is 10.8. The predicted octanol–water partition coefficient (Wildman–Crippen LogP) is 1.12. The summed E-state index contributed by atoms with van der Waals surface area (Å²) in [5.74, 6) is 0. The fourth-order valence-corrected chi connectivity index (χ4v) is 2.58. The molecule has 0 aromatic carbocycles. The first kappa shape index (κ1) is 9.29. The maximum Gasteiger partial charge on any atom is 0.235 e. The zero-order valence-corrected chi connectivity index (χ0v) is 7.86. The van der Waals surface area contributed by atoms with Crippen molar-refractivity contribution in [3.63, 3.8) is 0 Å². The molecule has 1 rings (SSSR count).